The minimum absolute atomic E-state index is 0.00152. The van der Waals surface area contributed by atoms with Crippen LogP contribution in [-0.4, -0.2) is 33.5 Å². The molecule has 2 aromatic rings. The van der Waals surface area contributed by atoms with E-state index >= 15 is 0 Å². The van der Waals surface area contributed by atoms with Gasteiger partial charge in [-0.2, -0.15) is 0 Å². The van der Waals surface area contributed by atoms with E-state index in [1.807, 2.05) is 31.2 Å². The van der Waals surface area contributed by atoms with Gasteiger partial charge in [-0.05, 0) is 37.5 Å². The van der Waals surface area contributed by atoms with Crippen LogP contribution in [0.5, 0.6) is 5.75 Å². The minimum Gasteiger partial charge on any atom is -0.494 e. The van der Waals surface area contributed by atoms with Crippen LogP contribution in [0.25, 0.3) is 0 Å². The standard InChI is InChI=1S/C18H21N3O4/c1-2-25-14-7-5-13(6-8-14)15-4-3-10-21(15)17(23)12-20-11-9-16(22)19-18(20)24/h5-9,11,15H,2-4,10,12H2,1H3,(H,19,22,24)/t15-/m0/s1. The molecule has 1 aliphatic heterocycles. The molecule has 0 spiro atoms. The first-order chi connectivity index (χ1) is 12.1. The number of ether oxygens (including phenoxy) is 1. The Morgan fingerprint density at radius 2 is 2.00 bits per heavy atom. The van der Waals surface area contributed by atoms with Gasteiger partial charge in [0.2, 0.25) is 5.91 Å². The molecular weight excluding hydrogens is 322 g/mol. The zero-order valence-corrected chi connectivity index (χ0v) is 14.1. The first-order valence-corrected chi connectivity index (χ1v) is 8.40. The summed E-state index contributed by atoms with van der Waals surface area (Å²) >= 11 is 0. The lowest BCUT2D eigenvalue weighted by Gasteiger charge is -2.25. The Kier molecular flexibility index (Phi) is 5.02. The van der Waals surface area contributed by atoms with Crippen molar-refractivity contribution in [3.05, 3.63) is 62.9 Å². The number of H-pyrrole nitrogens is 1. The van der Waals surface area contributed by atoms with Gasteiger partial charge >= 0.3 is 5.69 Å². The number of nitrogens with zero attached hydrogens (tertiary/aromatic N) is 2. The summed E-state index contributed by atoms with van der Waals surface area (Å²) in [5.41, 5.74) is 0.0166. The Morgan fingerprint density at radius 3 is 2.68 bits per heavy atom. The van der Waals surface area contributed by atoms with Crippen molar-refractivity contribution < 1.29 is 9.53 Å². The van der Waals surface area contributed by atoms with E-state index in [1.165, 1.54) is 16.8 Å². The van der Waals surface area contributed by atoms with E-state index in [2.05, 4.69) is 4.98 Å². The monoisotopic (exact) mass is 343 g/mol. The lowest BCUT2D eigenvalue weighted by Crippen LogP contribution is -2.38. The Labute approximate surface area is 144 Å². The molecule has 1 amide bonds. The highest BCUT2D eigenvalue weighted by Crippen LogP contribution is 2.32. The number of hydrogen-bond donors (Lipinski definition) is 1. The topological polar surface area (TPSA) is 84.4 Å². The van der Waals surface area contributed by atoms with E-state index in [0.717, 1.165) is 24.2 Å². The summed E-state index contributed by atoms with van der Waals surface area (Å²) in [6.45, 7) is 3.13. The van der Waals surface area contributed by atoms with Crippen LogP contribution in [0, 0.1) is 0 Å². The average Bonchev–Trinajstić information content (AvgIpc) is 3.08. The summed E-state index contributed by atoms with van der Waals surface area (Å²) in [5.74, 6) is 0.674. The number of rotatable bonds is 5. The molecule has 1 aliphatic rings. The van der Waals surface area contributed by atoms with Crippen molar-refractivity contribution in [2.75, 3.05) is 13.2 Å². The maximum atomic E-state index is 12.7. The first kappa shape index (κ1) is 17.0. The van der Waals surface area contributed by atoms with Gasteiger partial charge in [-0.15, -0.1) is 0 Å². The van der Waals surface area contributed by atoms with Crippen molar-refractivity contribution in [3.8, 4) is 5.75 Å². The van der Waals surface area contributed by atoms with Gasteiger partial charge in [0.1, 0.15) is 12.3 Å². The number of hydrogen-bond acceptors (Lipinski definition) is 4. The van der Waals surface area contributed by atoms with E-state index in [1.54, 1.807) is 4.90 Å². The Morgan fingerprint density at radius 1 is 1.24 bits per heavy atom. The van der Waals surface area contributed by atoms with Gasteiger partial charge in [0.25, 0.3) is 5.56 Å². The second-order valence-corrected chi connectivity index (χ2v) is 5.99. The molecule has 7 heteroatoms. The summed E-state index contributed by atoms with van der Waals surface area (Å²) in [4.78, 5) is 39.5. The number of amides is 1. The summed E-state index contributed by atoms with van der Waals surface area (Å²) < 4.78 is 6.67. The quantitative estimate of drug-likeness (QED) is 0.887. The highest BCUT2D eigenvalue weighted by atomic mass is 16.5. The summed E-state index contributed by atoms with van der Waals surface area (Å²) in [7, 11) is 0. The van der Waals surface area contributed by atoms with Crippen molar-refractivity contribution >= 4 is 5.91 Å². The largest absolute Gasteiger partial charge is 0.494 e. The van der Waals surface area contributed by atoms with Gasteiger partial charge in [0, 0.05) is 18.8 Å². The molecule has 1 aromatic carbocycles. The highest BCUT2D eigenvalue weighted by Gasteiger charge is 2.30. The van der Waals surface area contributed by atoms with Crippen LogP contribution in [0.1, 0.15) is 31.4 Å². The fourth-order valence-corrected chi connectivity index (χ4v) is 3.17. The Hall–Kier alpha value is -2.83. The molecule has 0 aliphatic carbocycles. The lowest BCUT2D eigenvalue weighted by atomic mass is 10.0. The van der Waals surface area contributed by atoms with Gasteiger partial charge in [0.15, 0.2) is 0 Å². The fraction of sp³-hybridized carbons (Fsp3) is 0.389. The molecule has 3 rings (SSSR count). The highest BCUT2D eigenvalue weighted by molar-refractivity contribution is 5.76. The van der Waals surface area contributed by atoms with E-state index in [0.29, 0.717) is 13.2 Å². The van der Waals surface area contributed by atoms with Crippen LogP contribution in [0.4, 0.5) is 0 Å². The SMILES string of the molecule is CCOc1ccc([C@@H]2CCCN2C(=O)Cn2ccc(=O)[nH]c2=O)cc1. The van der Waals surface area contributed by atoms with Crippen molar-refractivity contribution in [3.63, 3.8) is 0 Å². The van der Waals surface area contributed by atoms with Gasteiger partial charge in [-0.1, -0.05) is 12.1 Å². The molecule has 1 fully saturated rings. The molecular formula is C18H21N3O4. The number of benzene rings is 1. The van der Waals surface area contributed by atoms with Crippen molar-refractivity contribution in [1.29, 1.82) is 0 Å². The van der Waals surface area contributed by atoms with Crippen molar-refractivity contribution in [2.45, 2.75) is 32.4 Å². The van der Waals surface area contributed by atoms with Gasteiger partial charge in [-0.25, -0.2) is 4.79 Å². The van der Waals surface area contributed by atoms with Crippen LogP contribution < -0.4 is 16.0 Å². The molecule has 2 heterocycles. The molecule has 1 saturated heterocycles. The van der Waals surface area contributed by atoms with E-state index in [-0.39, 0.29) is 18.5 Å². The maximum Gasteiger partial charge on any atom is 0.328 e. The van der Waals surface area contributed by atoms with E-state index in [4.69, 9.17) is 4.74 Å². The zero-order chi connectivity index (χ0) is 17.8. The fourth-order valence-electron chi connectivity index (χ4n) is 3.17. The molecule has 1 atom stereocenters. The number of carbonyl (C=O) groups excluding carboxylic acids is 1. The normalized spacial score (nSPS) is 16.8. The molecule has 1 N–H and O–H groups in total. The predicted molar refractivity (Wildman–Crippen MR) is 92.6 cm³/mol. The molecule has 132 valence electrons. The maximum absolute atomic E-state index is 12.7. The number of nitrogens with one attached hydrogen (secondary N) is 1. The molecule has 0 bridgehead atoms. The molecule has 7 nitrogen and oxygen atoms in total. The summed E-state index contributed by atoms with van der Waals surface area (Å²) in [5, 5.41) is 0. The third-order valence-electron chi connectivity index (χ3n) is 4.35. The third-order valence-corrected chi connectivity index (χ3v) is 4.35. The van der Waals surface area contributed by atoms with Gasteiger partial charge in [0.05, 0.1) is 12.6 Å². The van der Waals surface area contributed by atoms with Crippen molar-refractivity contribution in [2.24, 2.45) is 0 Å². The number of aromatic amines is 1. The predicted octanol–water partition coefficient (Wildman–Crippen LogP) is 1.30. The summed E-state index contributed by atoms with van der Waals surface area (Å²) in [6.07, 6.45) is 3.16. The zero-order valence-electron chi connectivity index (χ0n) is 14.1. The molecule has 0 radical (unpaired) electrons. The van der Waals surface area contributed by atoms with Crippen molar-refractivity contribution in [1.82, 2.24) is 14.5 Å². The van der Waals surface area contributed by atoms with Crippen LogP contribution in [0.3, 0.4) is 0 Å². The lowest BCUT2D eigenvalue weighted by molar-refractivity contribution is -0.132. The van der Waals surface area contributed by atoms with Crippen LogP contribution in [-0.2, 0) is 11.3 Å². The number of carbonyl (C=O) groups is 1. The van der Waals surface area contributed by atoms with E-state index < -0.39 is 11.2 Å². The minimum atomic E-state index is -0.572. The Bertz CT molecular complexity index is 854. The van der Waals surface area contributed by atoms with Crippen LogP contribution in [0.2, 0.25) is 0 Å². The molecule has 0 saturated carbocycles. The second kappa shape index (κ2) is 7.38. The summed E-state index contributed by atoms with van der Waals surface area (Å²) in [6, 6.07) is 9.02. The second-order valence-electron chi connectivity index (χ2n) is 5.99. The first-order valence-electron chi connectivity index (χ1n) is 8.40. The number of aromatic nitrogens is 2. The van der Waals surface area contributed by atoms with E-state index in [9.17, 15) is 14.4 Å². The smallest absolute Gasteiger partial charge is 0.328 e. The molecule has 0 unspecified atom stereocenters. The third kappa shape index (κ3) is 3.81. The van der Waals surface area contributed by atoms with Crippen LogP contribution in [0.15, 0.2) is 46.1 Å². The Balaban J connectivity index is 1.75. The average molecular weight is 343 g/mol. The molecule has 25 heavy (non-hydrogen) atoms. The molecule has 1 aromatic heterocycles. The van der Waals surface area contributed by atoms with Gasteiger partial charge < -0.3 is 9.64 Å². The van der Waals surface area contributed by atoms with Gasteiger partial charge in [-0.3, -0.25) is 19.1 Å². The number of likely N-dealkylation sites (tertiary alicyclic amines) is 1. The van der Waals surface area contributed by atoms with Crippen LogP contribution >= 0.6 is 0 Å².